The molecular formula is C18H23N5O2. The lowest BCUT2D eigenvalue weighted by Crippen LogP contribution is -2.39. The van der Waals surface area contributed by atoms with E-state index in [1.165, 1.54) is 6.33 Å². The van der Waals surface area contributed by atoms with Crippen LogP contribution in [0, 0.1) is 6.92 Å². The lowest BCUT2D eigenvalue weighted by molar-refractivity contribution is 0.0398. The molecule has 7 heteroatoms. The molecule has 0 bridgehead atoms. The van der Waals surface area contributed by atoms with Crippen molar-refractivity contribution in [3.63, 3.8) is 0 Å². The van der Waals surface area contributed by atoms with E-state index in [1.54, 1.807) is 6.07 Å². The van der Waals surface area contributed by atoms with Crippen molar-refractivity contribution < 1.29 is 9.53 Å². The number of aryl methyl sites for hydroxylation is 1. The van der Waals surface area contributed by atoms with Crippen LogP contribution in [0.4, 0.5) is 11.5 Å². The van der Waals surface area contributed by atoms with E-state index in [2.05, 4.69) is 25.5 Å². The van der Waals surface area contributed by atoms with E-state index in [0.717, 1.165) is 50.6 Å². The maximum absolute atomic E-state index is 12.3. The zero-order chi connectivity index (χ0) is 17.5. The lowest BCUT2D eigenvalue weighted by Gasteiger charge is -2.26. The highest BCUT2D eigenvalue weighted by Gasteiger charge is 2.11. The molecule has 132 valence electrons. The molecule has 2 aromatic rings. The number of ether oxygens (including phenoxy) is 1. The van der Waals surface area contributed by atoms with E-state index < -0.39 is 0 Å². The molecule has 0 unspecified atom stereocenters. The molecule has 7 nitrogen and oxygen atoms in total. The number of nitrogens with zero attached hydrogens (tertiary/aromatic N) is 3. The van der Waals surface area contributed by atoms with E-state index in [9.17, 15) is 4.79 Å². The third kappa shape index (κ3) is 5.23. The molecule has 1 aliphatic heterocycles. The van der Waals surface area contributed by atoms with Crippen molar-refractivity contribution in [2.45, 2.75) is 6.92 Å². The Labute approximate surface area is 147 Å². The Morgan fingerprint density at radius 2 is 2.08 bits per heavy atom. The van der Waals surface area contributed by atoms with Gasteiger partial charge in [-0.2, -0.15) is 0 Å². The maximum Gasteiger partial charge on any atom is 0.274 e. The van der Waals surface area contributed by atoms with Gasteiger partial charge in [-0.3, -0.25) is 9.69 Å². The Morgan fingerprint density at radius 3 is 2.88 bits per heavy atom. The normalized spacial score (nSPS) is 14.9. The number of morpholine rings is 1. The molecule has 1 aromatic heterocycles. The monoisotopic (exact) mass is 341 g/mol. The van der Waals surface area contributed by atoms with Gasteiger partial charge >= 0.3 is 0 Å². The number of amides is 1. The van der Waals surface area contributed by atoms with Gasteiger partial charge in [0.15, 0.2) is 0 Å². The second-order valence-corrected chi connectivity index (χ2v) is 5.99. The summed E-state index contributed by atoms with van der Waals surface area (Å²) >= 11 is 0. The van der Waals surface area contributed by atoms with Crippen LogP contribution in [0.15, 0.2) is 36.7 Å². The Bertz CT molecular complexity index is 716. The minimum absolute atomic E-state index is 0.246. The standard InChI is InChI=1S/C18H23N5O2/c1-14-3-2-4-15(11-14)22-18(24)16-12-17(21-13-20-16)19-5-6-23-7-9-25-10-8-23/h2-4,11-13H,5-10H2,1H3,(H,22,24)(H,19,20,21). The Hall–Kier alpha value is -2.51. The van der Waals surface area contributed by atoms with Gasteiger partial charge in [0.25, 0.3) is 5.91 Å². The van der Waals surface area contributed by atoms with Gasteiger partial charge in [-0.1, -0.05) is 12.1 Å². The average molecular weight is 341 g/mol. The molecule has 0 aliphatic carbocycles. The number of hydrogen-bond donors (Lipinski definition) is 2. The van der Waals surface area contributed by atoms with Crippen molar-refractivity contribution >= 4 is 17.4 Å². The molecule has 0 saturated carbocycles. The second-order valence-electron chi connectivity index (χ2n) is 5.99. The van der Waals surface area contributed by atoms with E-state index in [4.69, 9.17) is 4.74 Å². The number of anilines is 2. The molecule has 2 N–H and O–H groups in total. The van der Waals surface area contributed by atoms with Gasteiger partial charge in [-0.05, 0) is 24.6 Å². The number of aromatic nitrogens is 2. The van der Waals surface area contributed by atoms with Crippen LogP contribution < -0.4 is 10.6 Å². The third-order valence-corrected chi connectivity index (χ3v) is 4.01. The van der Waals surface area contributed by atoms with Crippen LogP contribution in [-0.2, 0) is 4.74 Å². The van der Waals surface area contributed by atoms with Crippen LogP contribution in [0.5, 0.6) is 0 Å². The Morgan fingerprint density at radius 1 is 1.24 bits per heavy atom. The van der Waals surface area contributed by atoms with Gasteiger partial charge < -0.3 is 15.4 Å². The predicted molar refractivity (Wildman–Crippen MR) is 96.9 cm³/mol. The van der Waals surface area contributed by atoms with Crippen molar-refractivity contribution in [1.29, 1.82) is 0 Å². The van der Waals surface area contributed by atoms with Gasteiger partial charge in [0.05, 0.1) is 13.2 Å². The van der Waals surface area contributed by atoms with Crippen LogP contribution >= 0.6 is 0 Å². The Balaban J connectivity index is 1.54. The first-order chi connectivity index (χ1) is 12.2. The average Bonchev–Trinajstić information content (AvgIpc) is 2.63. The molecule has 3 rings (SSSR count). The largest absolute Gasteiger partial charge is 0.379 e. The minimum atomic E-state index is -0.246. The second kappa shape index (κ2) is 8.55. The number of carbonyl (C=O) groups excluding carboxylic acids is 1. The summed E-state index contributed by atoms with van der Waals surface area (Å²) in [6.45, 7) is 7.14. The molecule has 25 heavy (non-hydrogen) atoms. The summed E-state index contributed by atoms with van der Waals surface area (Å²) in [7, 11) is 0. The highest BCUT2D eigenvalue weighted by molar-refractivity contribution is 6.03. The van der Waals surface area contributed by atoms with Gasteiger partial charge in [0.2, 0.25) is 0 Å². The number of benzene rings is 1. The first-order valence-electron chi connectivity index (χ1n) is 8.45. The molecule has 0 radical (unpaired) electrons. The fourth-order valence-electron chi connectivity index (χ4n) is 2.66. The van der Waals surface area contributed by atoms with Crippen molar-refractivity contribution in [2.75, 3.05) is 50.0 Å². The number of rotatable bonds is 6. The Kier molecular flexibility index (Phi) is 5.92. The van der Waals surface area contributed by atoms with Crippen molar-refractivity contribution in [2.24, 2.45) is 0 Å². The van der Waals surface area contributed by atoms with Crippen LogP contribution in [0.2, 0.25) is 0 Å². The van der Waals surface area contributed by atoms with Crippen molar-refractivity contribution in [3.8, 4) is 0 Å². The van der Waals surface area contributed by atoms with Crippen LogP contribution in [-0.4, -0.2) is 60.2 Å². The molecule has 1 aromatic carbocycles. The molecular weight excluding hydrogens is 318 g/mol. The van der Waals surface area contributed by atoms with Crippen LogP contribution in [0.25, 0.3) is 0 Å². The third-order valence-electron chi connectivity index (χ3n) is 4.01. The molecule has 1 amide bonds. The summed E-state index contributed by atoms with van der Waals surface area (Å²) in [5.74, 6) is 0.405. The summed E-state index contributed by atoms with van der Waals surface area (Å²) in [6, 6.07) is 9.33. The molecule has 1 fully saturated rings. The summed E-state index contributed by atoms with van der Waals surface area (Å²) in [5.41, 5.74) is 2.18. The maximum atomic E-state index is 12.3. The fourth-order valence-corrected chi connectivity index (χ4v) is 2.66. The predicted octanol–water partition coefficient (Wildman–Crippen LogP) is 1.78. The quantitative estimate of drug-likeness (QED) is 0.834. The zero-order valence-corrected chi connectivity index (χ0v) is 14.4. The van der Waals surface area contributed by atoms with Gasteiger partial charge in [0.1, 0.15) is 17.8 Å². The van der Waals surface area contributed by atoms with Crippen LogP contribution in [0.3, 0.4) is 0 Å². The number of carbonyl (C=O) groups is 1. The number of nitrogens with one attached hydrogen (secondary N) is 2. The molecule has 0 spiro atoms. The lowest BCUT2D eigenvalue weighted by atomic mass is 10.2. The van der Waals surface area contributed by atoms with E-state index in [0.29, 0.717) is 11.5 Å². The zero-order valence-electron chi connectivity index (χ0n) is 14.4. The summed E-state index contributed by atoms with van der Waals surface area (Å²) < 4.78 is 5.34. The highest BCUT2D eigenvalue weighted by Crippen LogP contribution is 2.12. The SMILES string of the molecule is Cc1cccc(NC(=O)c2cc(NCCN3CCOCC3)ncn2)c1. The molecule has 2 heterocycles. The highest BCUT2D eigenvalue weighted by atomic mass is 16.5. The summed E-state index contributed by atoms with van der Waals surface area (Å²) in [4.78, 5) is 22.9. The molecule has 0 atom stereocenters. The van der Waals surface area contributed by atoms with E-state index in [1.807, 2.05) is 31.2 Å². The van der Waals surface area contributed by atoms with Gasteiger partial charge in [-0.25, -0.2) is 9.97 Å². The topological polar surface area (TPSA) is 79.4 Å². The first kappa shape index (κ1) is 17.3. The van der Waals surface area contributed by atoms with E-state index in [-0.39, 0.29) is 5.91 Å². The first-order valence-corrected chi connectivity index (χ1v) is 8.45. The molecule has 1 saturated heterocycles. The van der Waals surface area contributed by atoms with Crippen molar-refractivity contribution in [1.82, 2.24) is 14.9 Å². The molecule has 1 aliphatic rings. The smallest absolute Gasteiger partial charge is 0.274 e. The van der Waals surface area contributed by atoms with Crippen LogP contribution in [0.1, 0.15) is 16.1 Å². The minimum Gasteiger partial charge on any atom is -0.379 e. The van der Waals surface area contributed by atoms with Gasteiger partial charge in [0, 0.05) is 37.9 Å². The fraction of sp³-hybridized carbons (Fsp3) is 0.389. The van der Waals surface area contributed by atoms with Crippen molar-refractivity contribution in [3.05, 3.63) is 47.9 Å². The summed E-state index contributed by atoms with van der Waals surface area (Å²) in [6.07, 6.45) is 1.40. The van der Waals surface area contributed by atoms with Gasteiger partial charge in [-0.15, -0.1) is 0 Å². The van der Waals surface area contributed by atoms with E-state index >= 15 is 0 Å². The number of hydrogen-bond acceptors (Lipinski definition) is 6. The summed E-state index contributed by atoms with van der Waals surface area (Å²) in [5, 5.41) is 6.10.